The van der Waals surface area contributed by atoms with Crippen molar-refractivity contribution in [2.24, 2.45) is 4.99 Å². The molecule has 0 unspecified atom stereocenters. The Balaban J connectivity index is 2.13. The Hall–Kier alpha value is -1.78. The van der Waals surface area contributed by atoms with Gasteiger partial charge in [-0.05, 0) is 76.6 Å². The zero-order valence-electron chi connectivity index (χ0n) is 15.0. The number of benzene rings is 2. The molecule has 0 saturated heterocycles. The standard InChI is InChI=1S/C19H13BrCl2N2O4S2/c20-13-1-10-18(23-11-13)24-12-19(29(25,26)16-6-2-14(21)3-7-16)30(27,28)17-8-4-15(22)5-9-17/h1-12,19H. The second-order valence-corrected chi connectivity index (χ2v) is 12.2. The minimum atomic E-state index is -4.38. The van der Waals surface area contributed by atoms with Crippen LogP contribution in [0.15, 0.2) is 86.1 Å². The number of hydrogen-bond donors (Lipinski definition) is 0. The van der Waals surface area contributed by atoms with Crippen molar-refractivity contribution in [3.8, 4) is 0 Å². The SMILES string of the molecule is O=S(=O)(c1ccc(Cl)cc1)C(C=Nc1ccc(Br)cn1)S(=O)(=O)c1ccc(Cl)cc1. The molecule has 0 spiro atoms. The molecule has 11 heteroatoms. The number of rotatable bonds is 6. The molecule has 0 fully saturated rings. The fourth-order valence-electron chi connectivity index (χ4n) is 2.43. The van der Waals surface area contributed by atoms with Gasteiger partial charge in [-0.15, -0.1) is 0 Å². The highest BCUT2D eigenvalue weighted by molar-refractivity contribution is 9.10. The van der Waals surface area contributed by atoms with Crippen molar-refractivity contribution in [3.05, 3.63) is 81.4 Å². The van der Waals surface area contributed by atoms with Gasteiger partial charge in [0, 0.05) is 26.9 Å². The largest absolute Gasteiger partial charge is 0.239 e. The summed E-state index contributed by atoms with van der Waals surface area (Å²) in [7, 11) is -8.76. The van der Waals surface area contributed by atoms with Gasteiger partial charge in [0.2, 0.25) is 24.3 Å². The minimum absolute atomic E-state index is 0.154. The highest BCUT2D eigenvalue weighted by Gasteiger charge is 2.39. The zero-order valence-corrected chi connectivity index (χ0v) is 19.7. The van der Waals surface area contributed by atoms with Crippen LogP contribution in [0.25, 0.3) is 0 Å². The number of aromatic nitrogens is 1. The molecule has 0 aliphatic heterocycles. The van der Waals surface area contributed by atoms with Gasteiger partial charge < -0.3 is 0 Å². The third-order valence-electron chi connectivity index (χ3n) is 3.94. The molecule has 0 saturated carbocycles. The molecule has 156 valence electrons. The van der Waals surface area contributed by atoms with Gasteiger partial charge in [0.15, 0.2) is 5.82 Å². The summed E-state index contributed by atoms with van der Waals surface area (Å²) in [5, 5.41) is 0.637. The second kappa shape index (κ2) is 9.15. The number of sulfone groups is 2. The number of halogens is 3. The van der Waals surface area contributed by atoms with Crippen molar-refractivity contribution < 1.29 is 16.8 Å². The van der Waals surface area contributed by atoms with Gasteiger partial charge in [0.1, 0.15) is 0 Å². The lowest BCUT2D eigenvalue weighted by atomic mass is 10.4. The molecule has 1 heterocycles. The molecule has 0 amide bonds. The molecule has 0 atom stereocenters. The van der Waals surface area contributed by atoms with E-state index in [1.165, 1.54) is 60.8 Å². The maximum Gasteiger partial charge on any atom is 0.206 e. The quantitative estimate of drug-likeness (QED) is 0.399. The van der Waals surface area contributed by atoms with E-state index in [1.807, 2.05) is 0 Å². The van der Waals surface area contributed by atoms with Crippen LogP contribution in [0.4, 0.5) is 5.82 Å². The Bertz CT molecular complexity index is 1200. The maximum atomic E-state index is 13.2. The Morgan fingerprint density at radius 2 is 1.27 bits per heavy atom. The first-order valence-corrected chi connectivity index (χ1v) is 12.9. The van der Waals surface area contributed by atoms with E-state index in [0.717, 1.165) is 6.21 Å². The van der Waals surface area contributed by atoms with Gasteiger partial charge >= 0.3 is 0 Å². The lowest BCUT2D eigenvalue weighted by Crippen LogP contribution is -2.32. The smallest absolute Gasteiger partial charge is 0.206 e. The molecule has 30 heavy (non-hydrogen) atoms. The van der Waals surface area contributed by atoms with Crippen LogP contribution in [0.2, 0.25) is 10.0 Å². The molecule has 0 N–H and O–H groups in total. The second-order valence-electron chi connectivity index (χ2n) is 5.98. The Labute approximate surface area is 192 Å². The molecule has 0 aliphatic rings. The highest BCUT2D eigenvalue weighted by atomic mass is 79.9. The number of hydrogen-bond acceptors (Lipinski definition) is 6. The number of pyridine rings is 1. The summed E-state index contributed by atoms with van der Waals surface area (Å²) in [6.07, 6.45) is 2.33. The molecule has 2 aromatic carbocycles. The van der Waals surface area contributed by atoms with E-state index in [2.05, 4.69) is 25.9 Å². The van der Waals surface area contributed by atoms with Gasteiger partial charge in [0.05, 0.1) is 9.79 Å². The topological polar surface area (TPSA) is 93.5 Å². The molecule has 0 bridgehead atoms. The van der Waals surface area contributed by atoms with Crippen LogP contribution in [-0.2, 0) is 19.7 Å². The van der Waals surface area contributed by atoms with E-state index in [0.29, 0.717) is 14.5 Å². The first-order valence-electron chi connectivity index (χ1n) is 8.25. The van der Waals surface area contributed by atoms with Gasteiger partial charge in [-0.2, -0.15) is 0 Å². The lowest BCUT2D eigenvalue weighted by molar-refractivity contribution is 0.584. The van der Waals surface area contributed by atoms with Crippen molar-refractivity contribution in [3.63, 3.8) is 0 Å². The van der Waals surface area contributed by atoms with E-state index in [-0.39, 0.29) is 15.6 Å². The van der Waals surface area contributed by atoms with Crippen molar-refractivity contribution >= 4 is 70.8 Å². The van der Waals surface area contributed by atoms with Crippen LogP contribution in [0.1, 0.15) is 0 Å². The fraction of sp³-hybridized carbons (Fsp3) is 0.0526. The van der Waals surface area contributed by atoms with E-state index < -0.39 is 24.3 Å². The predicted octanol–water partition coefficient (Wildman–Crippen LogP) is 5.13. The third-order valence-corrected chi connectivity index (χ3v) is 9.75. The zero-order chi connectivity index (χ0) is 21.9. The summed E-state index contributed by atoms with van der Waals surface area (Å²) < 4.78 is 51.7. The van der Waals surface area contributed by atoms with Gasteiger partial charge in [-0.25, -0.2) is 26.8 Å². The van der Waals surface area contributed by atoms with Crippen molar-refractivity contribution in [1.82, 2.24) is 4.98 Å². The van der Waals surface area contributed by atoms with Crippen molar-refractivity contribution in [1.29, 1.82) is 0 Å². The maximum absolute atomic E-state index is 13.2. The molecule has 0 aliphatic carbocycles. The summed E-state index contributed by atoms with van der Waals surface area (Å²) in [6, 6.07) is 13.6. The fourth-order valence-corrected chi connectivity index (χ4v) is 6.92. The van der Waals surface area contributed by atoms with Crippen molar-refractivity contribution in [2.75, 3.05) is 0 Å². The molecule has 6 nitrogen and oxygen atoms in total. The first-order chi connectivity index (χ1) is 14.1. The minimum Gasteiger partial charge on any atom is -0.239 e. The van der Waals surface area contributed by atoms with Crippen LogP contribution in [0, 0.1) is 0 Å². The molecule has 3 aromatic rings. The summed E-state index contributed by atoms with van der Waals surface area (Å²) in [4.78, 5) is 7.60. The van der Waals surface area contributed by atoms with Gasteiger partial charge in [-0.3, -0.25) is 0 Å². The summed E-state index contributed by atoms with van der Waals surface area (Å²) >= 11 is 14.9. The predicted molar refractivity (Wildman–Crippen MR) is 121 cm³/mol. The monoisotopic (exact) mass is 546 g/mol. The molecular formula is C19H13BrCl2N2O4S2. The Morgan fingerprint density at radius 1 is 0.800 bits per heavy atom. The van der Waals surface area contributed by atoms with Crippen molar-refractivity contribution in [2.45, 2.75) is 14.4 Å². The summed E-state index contributed by atoms with van der Waals surface area (Å²) in [5.41, 5.74) is 0. The first kappa shape index (κ1) is 22.9. The Morgan fingerprint density at radius 3 is 1.67 bits per heavy atom. The molecule has 1 aromatic heterocycles. The average molecular weight is 548 g/mol. The van der Waals surface area contributed by atoms with Crippen LogP contribution < -0.4 is 0 Å². The van der Waals surface area contributed by atoms with Gasteiger partial charge in [-0.1, -0.05) is 23.2 Å². The van der Waals surface area contributed by atoms with Crippen LogP contribution >= 0.6 is 39.1 Å². The van der Waals surface area contributed by atoms with E-state index in [9.17, 15) is 16.8 Å². The molecule has 0 radical (unpaired) electrons. The van der Waals surface area contributed by atoms with E-state index in [4.69, 9.17) is 23.2 Å². The van der Waals surface area contributed by atoms with E-state index in [1.54, 1.807) is 6.07 Å². The summed E-state index contributed by atoms with van der Waals surface area (Å²) in [5.74, 6) is 0.154. The average Bonchev–Trinajstić information content (AvgIpc) is 2.70. The highest BCUT2D eigenvalue weighted by Crippen LogP contribution is 2.27. The van der Waals surface area contributed by atoms with E-state index >= 15 is 0 Å². The normalized spacial score (nSPS) is 12.5. The lowest BCUT2D eigenvalue weighted by Gasteiger charge is -2.15. The number of aliphatic imine (C=N–C) groups is 1. The Kier molecular flexibility index (Phi) is 6.98. The van der Waals surface area contributed by atoms with Crippen LogP contribution in [0.3, 0.4) is 0 Å². The summed E-state index contributed by atoms with van der Waals surface area (Å²) in [6.45, 7) is 0. The molecular weight excluding hydrogens is 535 g/mol. The van der Waals surface area contributed by atoms with Crippen LogP contribution in [0.5, 0.6) is 0 Å². The van der Waals surface area contributed by atoms with Crippen LogP contribution in [-0.4, -0.2) is 32.6 Å². The third kappa shape index (κ3) is 5.09. The molecule has 3 rings (SSSR count). The number of nitrogens with zero attached hydrogens (tertiary/aromatic N) is 2. The van der Waals surface area contributed by atoms with Gasteiger partial charge in [0.25, 0.3) is 0 Å².